The SMILES string of the molecule is CCn1cc(CN(C(=O)c2cccc3ccccc23)c2sc3c(c2C#N)CCCC3)nn1. The van der Waals surface area contributed by atoms with E-state index in [1.807, 2.05) is 55.6 Å². The zero-order valence-corrected chi connectivity index (χ0v) is 18.7. The van der Waals surface area contributed by atoms with E-state index in [1.54, 1.807) is 20.9 Å². The third-order valence-electron chi connectivity index (χ3n) is 6.01. The third kappa shape index (κ3) is 3.57. The van der Waals surface area contributed by atoms with Crippen LogP contribution in [0, 0.1) is 11.3 Å². The molecule has 2 heterocycles. The van der Waals surface area contributed by atoms with Gasteiger partial charge in [0.15, 0.2) is 0 Å². The Bertz CT molecular complexity index is 1340. The molecular formula is C25H23N5OS. The van der Waals surface area contributed by atoms with E-state index in [0.29, 0.717) is 23.4 Å². The van der Waals surface area contributed by atoms with Crippen molar-refractivity contribution in [3.8, 4) is 6.07 Å². The molecule has 5 rings (SSSR count). The molecule has 0 bridgehead atoms. The number of nitriles is 1. The number of hydrogen-bond donors (Lipinski definition) is 0. The van der Waals surface area contributed by atoms with Gasteiger partial charge in [0.25, 0.3) is 5.91 Å². The molecule has 160 valence electrons. The van der Waals surface area contributed by atoms with Crippen LogP contribution in [0.25, 0.3) is 10.8 Å². The van der Waals surface area contributed by atoms with Gasteiger partial charge in [0, 0.05) is 17.0 Å². The molecule has 32 heavy (non-hydrogen) atoms. The van der Waals surface area contributed by atoms with E-state index in [-0.39, 0.29) is 12.5 Å². The highest BCUT2D eigenvalue weighted by atomic mass is 32.1. The summed E-state index contributed by atoms with van der Waals surface area (Å²) in [5.74, 6) is -0.122. The first-order valence-electron chi connectivity index (χ1n) is 10.9. The smallest absolute Gasteiger partial charge is 0.259 e. The zero-order valence-electron chi connectivity index (χ0n) is 17.9. The summed E-state index contributed by atoms with van der Waals surface area (Å²) >= 11 is 1.58. The van der Waals surface area contributed by atoms with Gasteiger partial charge in [-0.05, 0) is 55.0 Å². The van der Waals surface area contributed by atoms with Crippen molar-refractivity contribution in [2.75, 3.05) is 4.90 Å². The number of aryl methyl sites for hydroxylation is 2. The van der Waals surface area contributed by atoms with Crippen molar-refractivity contribution >= 4 is 33.0 Å². The topological polar surface area (TPSA) is 74.8 Å². The summed E-state index contributed by atoms with van der Waals surface area (Å²) in [5, 5.41) is 21.1. The van der Waals surface area contributed by atoms with Gasteiger partial charge in [-0.15, -0.1) is 16.4 Å². The molecule has 4 aromatic rings. The monoisotopic (exact) mass is 441 g/mol. The lowest BCUT2D eigenvalue weighted by Crippen LogP contribution is -2.30. The standard InChI is InChI=1S/C25H23N5OS/c1-2-29-15-18(27-28-29)16-30(25-22(14-26)20-11-5-6-13-23(20)32-25)24(31)21-12-7-9-17-8-3-4-10-19(17)21/h3-4,7-10,12,15H,2,5-6,11,13,16H2,1H3. The number of benzene rings is 2. The van der Waals surface area contributed by atoms with Gasteiger partial charge in [-0.25, -0.2) is 0 Å². The Labute approximate surface area is 190 Å². The highest BCUT2D eigenvalue weighted by Gasteiger charge is 2.29. The number of aromatic nitrogens is 3. The number of nitrogens with zero attached hydrogens (tertiary/aromatic N) is 5. The fourth-order valence-electron chi connectivity index (χ4n) is 4.38. The van der Waals surface area contributed by atoms with Crippen LogP contribution in [0.4, 0.5) is 5.00 Å². The molecule has 0 aliphatic heterocycles. The van der Waals surface area contributed by atoms with E-state index in [4.69, 9.17) is 0 Å². The molecule has 0 radical (unpaired) electrons. The van der Waals surface area contributed by atoms with E-state index in [9.17, 15) is 10.1 Å². The van der Waals surface area contributed by atoms with Crippen LogP contribution >= 0.6 is 11.3 Å². The molecule has 6 nitrogen and oxygen atoms in total. The predicted octanol–water partition coefficient (Wildman–Crippen LogP) is 5.11. The number of thiophene rings is 1. The molecule has 0 N–H and O–H groups in total. The predicted molar refractivity (Wildman–Crippen MR) is 126 cm³/mol. The first-order valence-corrected chi connectivity index (χ1v) is 11.7. The van der Waals surface area contributed by atoms with Crippen LogP contribution in [0.1, 0.15) is 51.8 Å². The number of anilines is 1. The summed E-state index contributed by atoms with van der Waals surface area (Å²) in [5.41, 5.74) is 3.09. The first kappa shape index (κ1) is 20.4. The molecule has 0 fully saturated rings. The minimum absolute atomic E-state index is 0.122. The summed E-state index contributed by atoms with van der Waals surface area (Å²) in [6.07, 6.45) is 5.94. The van der Waals surface area contributed by atoms with Gasteiger partial charge < -0.3 is 0 Å². The van der Waals surface area contributed by atoms with Gasteiger partial charge in [-0.3, -0.25) is 14.4 Å². The van der Waals surface area contributed by atoms with Crippen LogP contribution in [-0.4, -0.2) is 20.9 Å². The van der Waals surface area contributed by atoms with Crippen molar-refractivity contribution in [2.24, 2.45) is 0 Å². The number of carbonyl (C=O) groups excluding carboxylic acids is 1. The quantitative estimate of drug-likeness (QED) is 0.431. The summed E-state index contributed by atoms with van der Waals surface area (Å²) in [7, 11) is 0. The van der Waals surface area contributed by atoms with Gasteiger partial charge in [0.05, 0.1) is 18.3 Å². The fraction of sp³-hybridized carbons (Fsp3) is 0.280. The van der Waals surface area contributed by atoms with Crippen LogP contribution in [0.5, 0.6) is 0 Å². The second kappa shape index (κ2) is 8.56. The van der Waals surface area contributed by atoms with Crippen molar-refractivity contribution in [3.63, 3.8) is 0 Å². The summed E-state index contributed by atoms with van der Waals surface area (Å²) in [6.45, 7) is 2.98. The Balaban J connectivity index is 1.64. The summed E-state index contributed by atoms with van der Waals surface area (Å²) < 4.78 is 1.75. The number of rotatable bonds is 5. The lowest BCUT2D eigenvalue weighted by atomic mass is 9.96. The van der Waals surface area contributed by atoms with E-state index in [0.717, 1.165) is 47.0 Å². The molecule has 0 saturated heterocycles. The maximum absolute atomic E-state index is 14.0. The van der Waals surface area contributed by atoms with Gasteiger partial charge in [-0.1, -0.05) is 41.6 Å². The van der Waals surface area contributed by atoms with Gasteiger partial charge in [-0.2, -0.15) is 5.26 Å². The lowest BCUT2D eigenvalue weighted by molar-refractivity contribution is 0.0987. The van der Waals surface area contributed by atoms with Crippen LogP contribution in [0.2, 0.25) is 0 Å². The lowest BCUT2D eigenvalue weighted by Gasteiger charge is -2.21. The van der Waals surface area contributed by atoms with Crippen LogP contribution < -0.4 is 4.90 Å². The number of carbonyl (C=O) groups is 1. The molecule has 0 saturated carbocycles. The Hall–Kier alpha value is -3.50. The number of fused-ring (bicyclic) bond motifs is 2. The van der Waals surface area contributed by atoms with E-state index < -0.39 is 0 Å². The average molecular weight is 442 g/mol. The molecule has 2 aromatic carbocycles. The van der Waals surface area contributed by atoms with E-state index >= 15 is 0 Å². The van der Waals surface area contributed by atoms with Crippen molar-refractivity contribution < 1.29 is 4.79 Å². The fourth-order valence-corrected chi connectivity index (χ4v) is 5.71. The van der Waals surface area contributed by atoms with Crippen molar-refractivity contribution in [2.45, 2.75) is 45.7 Å². The zero-order chi connectivity index (χ0) is 22.1. The molecule has 0 spiro atoms. The summed E-state index contributed by atoms with van der Waals surface area (Å²) in [4.78, 5) is 17.0. The van der Waals surface area contributed by atoms with Crippen molar-refractivity contribution in [3.05, 3.63) is 75.9 Å². The average Bonchev–Trinajstić information content (AvgIpc) is 3.45. The molecule has 1 aliphatic carbocycles. The second-order valence-electron chi connectivity index (χ2n) is 7.99. The third-order valence-corrected chi connectivity index (χ3v) is 7.32. The van der Waals surface area contributed by atoms with Crippen molar-refractivity contribution in [1.29, 1.82) is 5.26 Å². The van der Waals surface area contributed by atoms with E-state index in [1.165, 1.54) is 4.88 Å². The second-order valence-corrected chi connectivity index (χ2v) is 9.07. The van der Waals surface area contributed by atoms with Crippen LogP contribution in [0.15, 0.2) is 48.7 Å². The molecule has 2 aromatic heterocycles. The largest absolute Gasteiger partial charge is 0.292 e. The summed E-state index contributed by atoms with van der Waals surface area (Å²) in [6, 6.07) is 16.1. The molecule has 0 unspecified atom stereocenters. The van der Waals surface area contributed by atoms with Crippen LogP contribution in [0.3, 0.4) is 0 Å². The minimum atomic E-state index is -0.122. The number of hydrogen-bond acceptors (Lipinski definition) is 5. The van der Waals surface area contributed by atoms with Crippen LogP contribution in [-0.2, 0) is 25.9 Å². The molecule has 7 heteroatoms. The molecule has 1 amide bonds. The highest BCUT2D eigenvalue weighted by Crippen LogP contribution is 2.41. The normalized spacial score (nSPS) is 13.0. The number of amides is 1. The maximum Gasteiger partial charge on any atom is 0.259 e. The Morgan fingerprint density at radius 1 is 1.19 bits per heavy atom. The Morgan fingerprint density at radius 3 is 2.81 bits per heavy atom. The minimum Gasteiger partial charge on any atom is -0.292 e. The van der Waals surface area contributed by atoms with E-state index in [2.05, 4.69) is 16.4 Å². The Kier molecular flexibility index (Phi) is 5.46. The first-order chi connectivity index (χ1) is 15.7. The van der Waals surface area contributed by atoms with Gasteiger partial charge in [0.1, 0.15) is 16.8 Å². The van der Waals surface area contributed by atoms with Gasteiger partial charge in [0.2, 0.25) is 0 Å². The molecular weight excluding hydrogens is 418 g/mol. The maximum atomic E-state index is 14.0. The highest BCUT2D eigenvalue weighted by molar-refractivity contribution is 7.16. The molecule has 1 aliphatic rings. The Morgan fingerprint density at radius 2 is 2.00 bits per heavy atom. The van der Waals surface area contributed by atoms with Crippen molar-refractivity contribution in [1.82, 2.24) is 15.0 Å². The van der Waals surface area contributed by atoms with Gasteiger partial charge >= 0.3 is 0 Å². The molecule has 0 atom stereocenters.